The Hall–Kier alpha value is -1.52. The number of nitrogens with zero attached hydrogens (tertiary/aromatic N) is 1. The van der Waals surface area contributed by atoms with Crippen molar-refractivity contribution in [2.24, 2.45) is 0 Å². The summed E-state index contributed by atoms with van der Waals surface area (Å²) in [7, 11) is 0. The van der Waals surface area contributed by atoms with E-state index in [-0.39, 0.29) is 6.04 Å². The topological polar surface area (TPSA) is 24.9 Å². The summed E-state index contributed by atoms with van der Waals surface area (Å²) in [6.45, 7) is 2.15. The molecule has 0 spiro atoms. The molecule has 1 aromatic heterocycles. The molecule has 3 rings (SSSR count). The van der Waals surface area contributed by atoms with Crippen molar-refractivity contribution in [2.45, 2.75) is 17.9 Å². The van der Waals surface area contributed by atoms with Crippen molar-refractivity contribution in [3.8, 4) is 0 Å². The van der Waals surface area contributed by atoms with Crippen LogP contribution in [0.25, 0.3) is 10.2 Å². The predicted octanol–water partition coefficient (Wildman–Crippen LogP) is 5.19. The molecule has 102 valence electrons. The van der Waals surface area contributed by atoms with Gasteiger partial charge in [0.15, 0.2) is 0 Å². The number of para-hydroxylation sites is 1. The Morgan fingerprint density at radius 2 is 1.85 bits per heavy atom. The SMILES string of the molecule is CSc1ccc(NC(C)c2nc3ccccc3s2)cc1. The molecule has 0 fully saturated rings. The van der Waals surface area contributed by atoms with E-state index < -0.39 is 0 Å². The van der Waals surface area contributed by atoms with Crippen molar-refractivity contribution in [1.29, 1.82) is 0 Å². The summed E-state index contributed by atoms with van der Waals surface area (Å²) in [6, 6.07) is 17.0. The summed E-state index contributed by atoms with van der Waals surface area (Å²) in [5, 5.41) is 4.63. The Labute approximate surface area is 127 Å². The van der Waals surface area contributed by atoms with Gasteiger partial charge in [0.2, 0.25) is 0 Å². The maximum absolute atomic E-state index is 4.69. The third-order valence-corrected chi connectivity index (χ3v) is 5.12. The van der Waals surface area contributed by atoms with Gasteiger partial charge in [-0.2, -0.15) is 0 Å². The Kier molecular flexibility index (Phi) is 3.94. The van der Waals surface area contributed by atoms with E-state index in [1.54, 1.807) is 23.1 Å². The van der Waals surface area contributed by atoms with Gasteiger partial charge in [-0.1, -0.05) is 12.1 Å². The zero-order chi connectivity index (χ0) is 13.9. The minimum atomic E-state index is 0.215. The standard InChI is InChI=1S/C16H16N2S2/c1-11(17-12-7-9-13(19-2)10-8-12)16-18-14-5-3-4-6-15(14)20-16/h3-11,17H,1-2H3. The van der Waals surface area contributed by atoms with Crippen LogP contribution in [-0.2, 0) is 0 Å². The number of hydrogen-bond donors (Lipinski definition) is 1. The summed E-state index contributed by atoms with van der Waals surface area (Å²) < 4.78 is 1.24. The summed E-state index contributed by atoms with van der Waals surface area (Å²) in [5.41, 5.74) is 2.22. The summed E-state index contributed by atoms with van der Waals surface area (Å²) >= 11 is 3.51. The van der Waals surface area contributed by atoms with Crippen LogP contribution in [0.1, 0.15) is 18.0 Å². The first-order valence-corrected chi connectivity index (χ1v) is 8.56. The average molecular weight is 300 g/mol. The lowest BCUT2D eigenvalue weighted by Crippen LogP contribution is -2.05. The number of thiazole rings is 1. The Balaban J connectivity index is 1.79. The highest BCUT2D eigenvalue weighted by molar-refractivity contribution is 7.98. The summed E-state index contributed by atoms with van der Waals surface area (Å²) in [4.78, 5) is 5.98. The molecule has 0 aliphatic heterocycles. The van der Waals surface area contributed by atoms with Crippen LogP contribution >= 0.6 is 23.1 Å². The molecule has 2 nitrogen and oxygen atoms in total. The molecule has 20 heavy (non-hydrogen) atoms. The van der Waals surface area contributed by atoms with Crippen molar-refractivity contribution < 1.29 is 0 Å². The highest BCUT2D eigenvalue weighted by Crippen LogP contribution is 2.28. The third kappa shape index (κ3) is 2.81. The zero-order valence-corrected chi connectivity index (χ0v) is 13.1. The summed E-state index contributed by atoms with van der Waals surface area (Å²) in [5.74, 6) is 0. The fraction of sp³-hybridized carbons (Fsp3) is 0.188. The molecule has 4 heteroatoms. The van der Waals surface area contributed by atoms with E-state index in [1.807, 2.05) is 6.07 Å². The number of hydrogen-bond acceptors (Lipinski definition) is 4. The van der Waals surface area contributed by atoms with E-state index in [0.29, 0.717) is 0 Å². The molecule has 0 saturated carbocycles. The molecule has 1 heterocycles. The van der Waals surface area contributed by atoms with Crippen LogP contribution < -0.4 is 5.32 Å². The van der Waals surface area contributed by atoms with Crippen molar-refractivity contribution in [3.05, 3.63) is 53.5 Å². The Morgan fingerprint density at radius 1 is 1.10 bits per heavy atom. The lowest BCUT2D eigenvalue weighted by Gasteiger charge is -2.12. The van der Waals surface area contributed by atoms with Crippen LogP contribution in [0.2, 0.25) is 0 Å². The molecule has 0 aliphatic carbocycles. The number of thioether (sulfide) groups is 1. The lowest BCUT2D eigenvalue weighted by atomic mass is 10.2. The first kappa shape index (κ1) is 13.5. The number of fused-ring (bicyclic) bond motifs is 1. The van der Waals surface area contributed by atoms with Crippen LogP contribution in [0.4, 0.5) is 5.69 Å². The molecule has 1 atom stereocenters. The van der Waals surface area contributed by atoms with Gasteiger partial charge in [0.05, 0.1) is 16.3 Å². The van der Waals surface area contributed by atoms with Gasteiger partial charge in [-0.15, -0.1) is 23.1 Å². The van der Waals surface area contributed by atoms with Gasteiger partial charge in [-0.05, 0) is 49.6 Å². The maximum atomic E-state index is 4.69. The second-order valence-corrected chi connectivity index (χ2v) is 6.56. The van der Waals surface area contributed by atoms with Crippen LogP contribution in [0.15, 0.2) is 53.4 Å². The molecule has 0 radical (unpaired) electrons. The van der Waals surface area contributed by atoms with E-state index in [0.717, 1.165) is 16.2 Å². The number of anilines is 1. The molecule has 1 N–H and O–H groups in total. The second-order valence-electron chi connectivity index (χ2n) is 4.61. The van der Waals surface area contributed by atoms with E-state index in [2.05, 4.69) is 61.0 Å². The van der Waals surface area contributed by atoms with E-state index in [4.69, 9.17) is 4.98 Å². The molecular formula is C16H16N2S2. The van der Waals surface area contributed by atoms with Gasteiger partial charge in [-0.3, -0.25) is 0 Å². The Bertz CT molecular complexity index is 671. The van der Waals surface area contributed by atoms with E-state index in [1.165, 1.54) is 9.60 Å². The third-order valence-electron chi connectivity index (χ3n) is 3.15. The average Bonchev–Trinajstić information content (AvgIpc) is 2.92. The van der Waals surface area contributed by atoms with Crippen molar-refractivity contribution in [1.82, 2.24) is 4.98 Å². The van der Waals surface area contributed by atoms with Gasteiger partial charge >= 0.3 is 0 Å². The first-order chi connectivity index (χ1) is 9.76. The monoisotopic (exact) mass is 300 g/mol. The minimum absolute atomic E-state index is 0.215. The van der Waals surface area contributed by atoms with Crippen molar-refractivity contribution >= 4 is 39.0 Å². The normalized spacial score (nSPS) is 12.5. The van der Waals surface area contributed by atoms with Crippen LogP contribution in [0.3, 0.4) is 0 Å². The molecule has 2 aromatic carbocycles. The van der Waals surface area contributed by atoms with Gasteiger partial charge in [0.25, 0.3) is 0 Å². The molecule has 1 unspecified atom stereocenters. The smallest absolute Gasteiger partial charge is 0.116 e. The first-order valence-electron chi connectivity index (χ1n) is 6.52. The maximum Gasteiger partial charge on any atom is 0.116 e. The number of rotatable bonds is 4. The highest BCUT2D eigenvalue weighted by atomic mass is 32.2. The summed E-state index contributed by atoms with van der Waals surface area (Å²) in [6.07, 6.45) is 2.09. The van der Waals surface area contributed by atoms with Crippen LogP contribution in [0, 0.1) is 0 Å². The van der Waals surface area contributed by atoms with Crippen LogP contribution in [-0.4, -0.2) is 11.2 Å². The number of nitrogens with one attached hydrogen (secondary N) is 1. The van der Waals surface area contributed by atoms with Gasteiger partial charge in [-0.25, -0.2) is 4.98 Å². The second kappa shape index (κ2) is 5.85. The fourth-order valence-electron chi connectivity index (χ4n) is 2.07. The fourth-order valence-corrected chi connectivity index (χ4v) is 3.45. The molecule has 0 bridgehead atoms. The molecular weight excluding hydrogens is 284 g/mol. The van der Waals surface area contributed by atoms with Crippen molar-refractivity contribution in [2.75, 3.05) is 11.6 Å². The van der Waals surface area contributed by atoms with E-state index >= 15 is 0 Å². The van der Waals surface area contributed by atoms with Gasteiger partial charge in [0, 0.05) is 10.6 Å². The lowest BCUT2D eigenvalue weighted by molar-refractivity contribution is 0.874. The van der Waals surface area contributed by atoms with Gasteiger partial charge in [0.1, 0.15) is 5.01 Å². The molecule has 0 amide bonds. The minimum Gasteiger partial charge on any atom is -0.376 e. The highest BCUT2D eigenvalue weighted by Gasteiger charge is 2.11. The van der Waals surface area contributed by atoms with Crippen LogP contribution in [0.5, 0.6) is 0 Å². The van der Waals surface area contributed by atoms with Crippen molar-refractivity contribution in [3.63, 3.8) is 0 Å². The molecule has 0 saturated heterocycles. The number of aromatic nitrogens is 1. The zero-order valence-electron chi connectivity index (χ0n) is 11.5. The largest absolute Gasteiger partial charge is 0.376 e. The number of benzene rings is 2. The Morgan fingerprint density at radius 3 is 2.55 bits per heavy atom. The van der Waals surface area contributed by atoms with E-state index in [9.17, 15) is 0 Å². The molecule has 0 aliphatic rings. The quantitative estimate of drug-likeness (QED) is 0.671. The van der Waals surface area contributed by atoms with Gasteiger partial charge < -0.3 is 5.32 Å². The molecule has 3 aromatic rings. The predicted molar refractivity (Wildman–Crippen MR) is 89.9 cm³/mol.